The summed E-state index contributed by atoms with van der Waals surface area (Å²) in [5.41, 5.74) is 2.39. The molecule has 0 aliphatic heterocycles. The number of hydrogen-bond donors (Lipinski definition) is 1. The maximum atomic E-state index is 11.0. The average Bonchev–Trinajstić information content (AvgIpc) is 2.47. The lowest BCUT2D eigenvalue weighted by Gasteiger charge is -2.13. The van der Waals surface area contributed by atoms with Gasteiger partial charge in [-0.05, 0) is 29.3 Å². The van der Waals surface area contributed by atoms with Gasteiger partial charge in [0.1, 0.15) is 11.5 Å². The summed E-state index contributed by atoms with van der Waals surface area (Å²) >= 11 is 0. The third-order valence-corrected chi connectivity index (χ3v) is 3.06. The molecular formula is C16H16O4. The van der Waals surface area contributed by atoms with Crippen LogP contribution < -0.4 is 9.47 Å². The molecule has 0 saturated carbocycles. The second kappa shape index (κ2) is 6.10. The van der Waals surface area contributed by atoms with Crippen LogP contribution in [0.2, 0.25) is 0 Å². The fourth-order valence-corrected chi connectivity index (χ4v) is 2.12. The minimum Gasteiger partial charge on any atom is -0.497 e. The molecule has 0 radical (unpaired) electrons. The zero-order chi connectivity index (χ0) is 14.5. The van der Waals surface area contributed by atoms with E-state index in [0.717, 1.165) is 16.7 Å². The lowest BCUT2D eigenvalue weighted by atomic mass is 9.96. The molecule has 1 N–H and O–H groups in total. The second-order valence-corrected chi connectivity index (χ2v) is 4.29. The Morgan fingerprint density at radius 2 is 1.80 bits per heavy atom. The monoisotopic (exact) mass is 272 g/mol. The van der Waals surface area contributed by atoms with E-state index in [-0.39, 0.29) is 6.42 Å². The molecule has 0 unspecified atom stereocenters. The number of aliphatic carboxylic acids is 1. The number of carboxylic acids is 1. The van der Waals surface area contributed by atoms with Gasteiger partial charge < -0.3 is 14.6 Å². The summed E-state index contributed by atoms with van der Waals surface area (Å²) in [6.07, 6.45) is -0.0443. The van der Waals surface area contributed by atoms with Gasteiger partial charge in [0.2, 0.25) is 0 Å². The standard InChI is InChI=1S/C16H16O4/c1-19-12-8-7-11(9-16(17)18)14(10-12)13-5-3-4-6-15(13)20-2/h3-8,10H,9H2,1-2H3,(H,17,18). The number of benzene rings is 2. The minimum absolute atomic E-state index is 0.0443. The molecule has 0 heterocycles. The molecule has 0 aliphatic rings. The van der Waals surface area contributed by atoms with E-state index in [0.29, 0.717) is 11.5 Å². The number of para-hydroxylation sites is 1. The van der Waals surface area contributed by atoms with Gasteiger partial charge in [-0.3, -0.25) is 4.79 Å². The molecule has 0 atom stereocenters. The fourth-order valence-electron chi connectivity index (χ4n) is 2.12. The normalized spacial score (nSPS) is 10.1. The smallest absolute Gasteiger partial charge is 0.307 e. The zero-order valence-electron chi connectivity index (χ0n) is 11.4. The first-order chi connectivity index (χ1) is 9.65. The molecule has 0 fully saturated rings. The zero-order valence-corrected chi connectivity index (χ0v) is 11.4. The van der Waals surface area contributed by atoms with Crippen LogP contribution in [0.3, 0.4) is 0 Å². The lowest BCUT2D eigenvalue weighted by molar-refractivity contribution is -0.136. The molecule has 0 aliphatic carbocycles. The Kier molecular flexibility index (Phi) is 4.25. The summed E-state index contributed by atoms with van der Waals surface area (Å²) in [6.45, 7) is 0. The average molecular weight is 272 g/mol. The van der Waals surface area contributed by atoms with Crippen LogP contribution in [0.1, 0.15) is 5.56 Å². The van der Waals surface area contributed by atoms with Gasteiger partial charge in [-0.15, -0.1) is 0 Å². The van der Waals surface area contributed by atoms with Crippen molar-refractivity contribution in [1.29, 1.82) is 0 Å². The number of carboxylic acid groups (broad SMARTS) is 1. The molecule has 4 heteroatoms. The van der Waals surface area contributed by atoms with Crippen molar-refractivity contribution in [3.8, 4) is 22.6 Å². The Bertz CT molecular complexity index is 620. The van der Waals surface area contributed by atoms with E-state index in [1.165, 1.54) is 0 Å². The van der Waals surface area contributed by atoms with Gasteiger partial charge in [-0.25, -0.2) is 0 Å². The van der Waals surface area contributed by atoms with Gasteiger partial charge in [0, 0.05) is 5.56 Å². The fraction of sp³-hybridized carbons (Fsp3) is 0.188. The molecule has 2 aromatic carbocycles. The van der Waals surface area contributed by atoms with Gasteiger partial charge in [-0.1, -0.05) is 24.3 Å². The maximum Gasteiger partial charge on any atom is 0.307 e. The first kappa shape index (κ1) is 13.9. The molecule has 2 rings (SSSR count). The van der Waals surface area contributed by atoms with E-state index in [2.05, 4.69) is 0 Å². The van der Waals surface area contributed by atoms with Crippen LogP contribution in [-0.2, 0) is 11.2 Å². The molecule has 0 aromatic heterocycles. The Morgan fingerprint density at radius 1 is 1.05 bits per heavy atom. The molecule has 0 saturated heterocycles. The number of hydrogen-bond acceptors (Lipinski definition) is 3. The van der Waals surface area contributed by atoms with E-state index in [1.54, 1.807) is 26.4 Å². The van der Waals surface area contributed by atoms with Crippen molar-refractivity contribution in [2.24, 2.45) is 0 Å². The summed E-state index contributed by atoms with van der Waals surface area (Å²) in [7, 11) is 3.17. The van der Waals surface area contributed by atoms with Crippen LogP contribution in [0.25, 0.3) is 11.1 Å². The summed E-state index contributed by atoms with van der Waals surface area (Å²) < 4.78 is 10.6. The second-order valence-electron chi connectivity index (χ2n) is 4.29. The highest BCUT2D eigenvalue weighted by molar-refractivity contribution is 5.80. The first-order valence-corrected chi connectivity index (χ1v) is 6.17. The number of methoxy groups -OCH3 is 2. The molecule has 20 heavy (non-hydrogen) atoms. The van der Waals surface area contributed by atoms with Gasteiger partial charge in [0.25, 0.3) is 0 Å². The van der Waals surface area contributed by atoms with Crippen molar-refractivity contribution in [2.75, 3.05) is 14.2 Å². The molecular weight excluding hydrogens is 256 g/mol. The van der Waals surface area contributed by atoms with Crippen LogP contribution >= 0.6 is 0 Å². The SMILES string of the molecule is COc1ccc(CC(=O)O)c(-c2ccccc2OC)c1. The van der Waals surface area contributed by atoms with Gasteiger partial charge in [0.15, 0.2) is 0 Å². The quantitative estimate of drug-likeness (QED) is 0.909. The summed E-state index contributed by atoms with van der Waals surface area (Å²) in [5.74, 6) is 0.513. The Hall–Kier alpha value is -2.49. The van der Waals surface area contributed by atoms with Crippen molar-refractivity contribution in [3.63, 3.8) is 0 Å². The van der Waals surface area contributed by atoms with Crippen LogP contribution in [0.4, 0.5) is 0 Å². The van der Waals surface area contributed by atoms with Crippen molar-refractivity contribution in [3.05, 3.63) is 48.0 Å². The van der Waals surface area contributed by atoms with Crippen LogP contribution in [0.15, 0.2) is 42.5 Å². The Balaban J connectivity index is 2.59. The van der Waals surface area contributed by atoms with Gasteiger partial charge in [-0.2, -0.15) is 0 Å². The van der Waals surface area contributed by atoms with E-state index >= 15 is 0 Å². The lowest BCUT2D eigenvalue weighted by Crippen LogP contribution is -2.02. The summed E-state index contributed by atoms with van der Waals surface area (Å²) in [5, 5.41) is 9.03. The largest absolute Gasteiger partial charge is 0.497 e. The van der Waals surface area contributed by atoms with E-state index in [1.807, 2.05) is 30.3 Å². The minimum atomic E-state index is -0.869. The third-order valence-electron chi connectivity index (χ3n) is 3.06. The van der Waals surface area contributed by atoms with E-state index in [4.69, 9.17) is 14.6 Å². The van der Waals surface area contributed by atoms with Crippen LogP contribution in [0, 0.1) is 0 Å². The molecule has 104 valence electrons. The number of ether oxygens (including phenoxy) is 2. The highest BCUT2D eigenvalue weighted by Gasteiger charge is 2.13. The third kappa shape index (κ3) is 2.91. The maximum absolute atomic E-state index is 11.0. The van der Waals surface area contributed by atoms with Crippen molar-refractivity contribution in [2.45, 2.75) is 6.42 Å². The highest BCUT2D eigenvalue weighted by Crippen LogP contribution is 2.34. The van der Waals surface area contributed by atoms with Gasteiger partial charge >= 0.3 is 5.97 Å². The van der Waals surface area contributed by atoms with Crippen molar-refractivity contribution >= 4 is 5.97 Å². The van der Waals surface area contributed by atoms with E-state index in [9.17, 15) is 4.79 Å². The van der Waals surface area contributed by atoms with Crippen LogP contribution in [0.5, 0.6) is 11.5 Å². The topological polar surface area (TPSA) is 55.8 Å². The predicted molar refractivity (Wildman–Crippen MR) is 76.3 cm³/mol. The Labute approximate surface area is 117 Å². The predicted octanol–water partition coefficient (Wildman–Crippen LogP) is 3.00. The molecule has 0 amide bonds. The van der Waals surface area contributed by atoms with Crippen LogP contribution in [-0.4, -0.2) is 25.3 Å². The van der Waals surface area contributed by atoms with E-state index < -0.39 is 5.97 Å². The highest BCUT2D eigenvalue weighted by atomic mass is 16.5. The van der Waals surface area contributed by atoms with Crippen molar-refractivity contribution in [1.82, 2.24) is 0 Å². The summed E-state index contributed by atoms with van der Waals surface area (Å²) in [6, 6.07) is 12.9. The molecule has 2 aromatic rings. The Morgan fingerprint density at radius 3 is 2.45 bits per heavy atom. The van der Waals surface area contributed by atoms with Crippen molar-refractivity contribution < 1.29 is 19.4 Å². The van der Waals surface area contributed by atoms with Gasteiger partial charge in [0.05, 0.1) is 20.6 Å². The number of rotatable bonds is 5. The molecule has 4 nitrogen and oxygen atoms in total. The molecule has 0 bridgehead atoms. The summed E-state index contributed by atoms with van der Waals surface area (Å²) in [4.78, 5) is 11.0. The molecule has 0 spiro atoms. The number of carbonyl (C=O) groups is 1. The first-order valence-electron chi connectivity index (χ1n) is 6.17.